The van der Waals surface area contributed by atoms with E-state index in [4.69, 9.17) is 16.3 Å². The number of hydrogen-bond acceptors (Lipinski definition) is 4. The fourth-order valence-corrected chi connectivity index (χ4v) is 2.77. The molecule has 0 atom stereocenters. The number of benzene rings is 2. The van der Waals surface area contributed by atoms with Crippen molar-refractivity contribution in [3.63, 3.8) is 0 Å². The van der Waals surface area contributed by atoms with Crippen molar-refractivity contribution in [2.24, 2.45) is 12.0 Å². The van der Waals surface area contributed by atoms with Gasteiger partial charge in [-0.25, -0.2) is 4.99 Å². The fourth-order valence-electron chi connectivity index (χ4n) is 2.59. The maximum atomic E-state index is 10.1. The van der Waals surface area contributed by atoms with E-state index in [-0.39, 0.29) is 0 Å². The molecule has 6 heteroatoms. The summed E-state index contributed by atoms with van der Waals surface area (Å²) in [5.74, 6) is 0.775. The Morgan fingerprint density at radius 3 is 2.23 bits per heavy atom. The molecule has 0 spiro atoms. The molecule has 0 saturated heterocycles. The highest BCUT2D eigenvalue weighted by molar-refractivity contribution is 6.32. The predicted octanol–water partition coefficient (Wildman–Crippen LogP) is 4.73. The second-order valence-corrected chi connectivity index (χ2v) is 6.25. The zero-order valence-corrected chi connectivity index (χ0v) is 18.4. The molecule has 0 aliphatic heterocycles. The number of hydrogen-bond donors (Lipinski definition) is 1. The number of pyridine rings is 1. The Balaban J connectivity index is 0.000000342. The van der Waals surface area contributed by atoms with E-state index in [0.717, 1.165) is 28.8 Å². The molecule has 0 fully saturated rings. The van der Waals surface area contributed by atoms with Crippen LogP contribution < -0.4 is 15.5 Å². The highest BCUT2D eigenvalue weighted by atomic mass is 35.5. The average Bonchev–Trinajstić information content (AvgIpc) is 2.80. The minimum atomic E-state index is 0.507. The molecule has 0 saturated carbocycles. The lowest BCUT2D eigenvalue weighted by Gasteiger charge is -2.12. The van der Waals surface area contributed by atoms with Crippen molar-refractivity contribution < 1.29 is 9.53 Å². The molecule has 30 heavy (non-hydrogen) atoms. The maximum absolute atomic E-state index is 10.1. The van der Waals surface area contributed by atoms with Gasteiger partial charge in [-0.3, -0.25) is 4.79 Å². The van der Waals surface area contributed by atoms with E-state index < -0.39 is 0 Å². The van der Waals surface area contributed by atoms with E-state index in [1.807, 2.05) is 49.0 Å². The van der Waals surface area contributed by atoms with Gasteiger partial charge in [-0.15, -0.1) is 13.2 Å². The summed E-state index contributed by atoms with van der Waals surface area (Å²) >= 11 is 5.59. The molecule has 0 aliphatic carbocycles. The van der Waals surface area contributed by atoms with Crippen LogP contribution in [0.1, 0.15) is 10.4 Å². The van der Waals surface area contributed by atoms with Crippen molar-refractivity contribution in [3.8, 4) is 17.0 Å². The molecule has 1 N–H and O–H groups in total. The monoisotopic (exact) mass is 425 g/mol. The minimum absolute atomic E-state index is 0.507. The predicted molar refractivity (Wildman–Crippen MR) is 125 cm³/mol. The van der Waals surface area contributed by atoms with Crippen molar-refractivity contribution in [1.82, 2.24) is 9.88 Å². The lowest BCUT2D eigenvalue weighted by molar-refractivity contribution is 0.112. The van der Waals surface area contributed by atoms with Crippen LogP contribution in [0.5, 0.6) is 5.75 Å². The van der Waals surface area contributed by atoms with E-state index in [9.17, 15) is 4.79 Å². The Hall–Kier alpha value is -3.15. The second-order valence-electron chi connectivity index (χ2n) is 5.84. The third-order valence-corrected chi connectivity index (χ3v) is 4.34. The molecule has 3 rings (SSSR count). The minimum Gasteiger partial charge on any atom is -0.493 e. The smallest absolute Gasteiger partial charge is 0.172 e. The molecular weight excluding hydrogens is 398 g/mol. The van der Waals surface area contributed by atoms with Crippen LogP contribution in [0.25, 0.3) is 11.3 Å². The largest absolute Gasteiger partial charge is 0.493 e. The quantitative estimate of drug-likeness (QED) is 0.474. The van der Waals surface area contributed by atoms with Crippen LogP contribution in [0.2, 0.25) is 5.02 Å². The highest BCUT2D eigenvalue weighted by Crippen LogP contribution is 2.18. The van der Waals surface area contributed by atoms with Gasteiger partial charge in [0.1, 0.15) is 0 Å². The first-order valence-electron chi connectivity index (χ1n) is 9.26. The molecule has 5 nitrogen and oxygen atoms in total. The van der Waals surface area contributed by atoms with Gasteiger partial charge in [0.15, 0.2) is 17.5 Å². The van der Waals surface area contributed by atoms with Crippen molar-refractivity contribution in [1.29, 1.82) is 0 Å². The van der Waals surface area contributed by atoms with Gasteiger partial charge in [-0.2, -0.15) is 0 Å². The molecule has 1 heterocycles. The number of nitrogens with one attached hydrogen (secondary N) is 1. The van der Waals surface area contributed by atoms with Crippen molar-refractivity contribution in [2.75, 3.05) is 20.8 Å². The Bertz CT molecular complexity index is 985. The van der Waals surface area contributed by atoms with Gasteiger partial charge in [0.05, 0.1) is 18.8 Å². The molecule has 2 aromatic carbocycles. The van der Waals surface area contributed by atoms with Gasteiger partial charge in [-0.05, 0) is 30.8 Å². The van der Waals surface area contributed by atoms with Crippen LogP contribution in [0.4, 0.5) is 0 Å². The van der Waals surface area contributed by atoms with Gasteiger partial charge >= 0.3 is 0 Å². The maximum Gasteiger partial charge on any atom is 0.172 e. The number of carbonyl (C=O) groups excluding carboxylic acids is 1. The lowest BCUT2D eigenvalue weighted by Crippen LogP contribution is -2.23. The number of nitrogens with zero attached hydrogens (tertiary/aromatic N) is 2. The van der Waals surface area contributed by atoms with E-state index in [1.165, 1.54) is 0 Å². The second kappa shape index (κ2) is 13.9. The summed E-state index contributed by atoms with van der Waals surface area (Å²) in [6, 6.07) is 21.2. The Kier molecular flexibility index (Phi) is 11.6. The van der Waals surface area contributed by atoms with Crippen LogP contribution in [-0.2, 0) is 7.05 Å². The summed E-state index contributed by atoms with van der Waals surface area (Å²) in [5, 5.41) is 3.53. The lowest BCUT2D eigenvalue weighted by atomic mass is 10.1. The van der Waals surface area contributed by atoms with Gasteiger partial charge in [0.2, 0.25) is 0 Å². The van der Waals surface area contributed by atoms with Crippen LogP contribution in [-0.4, -0.2) is 31.7 Å². The topological polar surface area (TPSA) is 55.6 Å². The van der Waals surface area contributed by atoms with E-state index in [1.54, 1.807) is 31.4 Å². The van der Waals surface area contributed by atoms with Crippen molar-refractivity contribution in [2.45, 2.75) is 0 Å². The Morgan fingerprint density at radius 2 is 1.70 bits per heavy atom. The first kappa shape index (κ1) is 24.9. The summed E-state index contributed by atoms with van der Waals surface area (Å²) in [6.45, 7) is 6.56. The van der Waals surface area contributed by atoms with Crippen molar-refractivity contribution in [3.05, 3.63) is 96.0 Å². The third kappa shape index (κ3) is 7.03. The van der Waals surface area contributed by atoms with Crippen LogP contribution in [0.15, 0.2) is 84.9 Å². The zero-order valence-electron chi connectivity index (χ0n) is 17.6. The molecule has 0 aliphatic rings. The fraction of sp³-hybridized carbons (Fsp3) is 0.167. The SMILES string of the molecule is C=C.CNC/N=c1/c(OC)ccc(-c2ccccc2)n1C.O=Cc1ccccc1Cl. The van der Waals surface area contributed by atoms with Gasteiger partial charge in [0, 0.05) is 18.3 Å². The van der Waals surface area contributed by atoms with Crippen LogP contribution >= 0.6 is 11.6 Å². The first-order valence-corrected chi connectivity index (χ1v) is 9.64. The summed E-state index contributed by atoms with van der Waals surface area (Å²) < 4.78 is 7.42. The molecule has 0 radical (unpaired) electrons. The van der Waals surface area contributed by atoms with Crippen LogP contribution in [0.3, 0.4) is 0 Å². The Morgan fingerprint density at radius 1 is 1.07 bits per heavy atom. The van der Waals surface area contributed by atoms with Crippen LogP contribution in [0, 0.1) is 0 Å². The Labute approximate surface area is 183 Å². The number of aromatic nitrogens is 1. The van der Waals surface area contributed by atoms with Gasteiger partial charge in [-0.1, -0.05) is 60.1 Å². The normalized spacial score (nSPS) is 10.2. The first-order chi connectivity index (χ1) is 14.6. The summed E-state index contributed by atoms with van der Waals surface area (Å²) in [7, 11) is 5.53. The standard InChI is InChI=1S/C15H19N3O.C7H5ClO.C2H4/c1-16-11-17-15-14(19-3)10-9-13(18(15)2)12-7-5-4-6-8-12;8-7-4-2-1-3-6(7)5-9;1-2/h4-10,16H,11H2,1-3H3;1-5H;1-2H2/b17-15-;;. The summed E-state index contributed by atoms with van der Waals surface area (Å²) in [4.78, 5) is 14.7. The van der Waals surface area contributed by atoms with E-state index in [0.29, 0.717) is 17.3 Å². The van der Waals surface area contributed by atoms with Crippen molar-refractivity contribution >= 4 is 17.9 Å². The van der Waals surface area contributed by atoms with Gasteiger partial charge in [0.25, 0.3) is 0 Å². The molecule has 0 bridgehead atoms. The number of ether oxygens (including phenoxy) is 1. The number of carbonyl (C=O) groups is 1. The highest BCUT2D eigenvalue weighted by Gasteiger charge is 2.05. The van der Waals surface area contributed by atoms with Gasteiger partial charge < -0.3 is 14.6 Å². The zero-order chi connectivity index (χ0) is 22.4. The number of methoxy groups -OCH3 is 1. The molecular formula is C24H28ClN3O2. The van der Waals surface area contributed by atoms with E-state index >= 15 is 0 Å². The summed E-state index contributed by atoms with van der Waals surface area (Å²) in [6.07, 6.45) is 0.738. The molecule has 1 aromatic heterocycles. The van der Waals surface area contributed by atoms with E-state index in [2.05, 4.69) is 35.6 Å². The number of aldehydes is 1. The average molecular weight is 426 g/mol. The molecule has 3 aromatic rings. The molecule has 0 amide bonds. The molecule has 0 unspecified atom stereocenters. The molecule has 158 valence electrons. The third-order valence-electron chi connectivity index (χ3n) is 4.00. The number of halogens is 1. The number of rotatable bonds is 5. The summed E-state index contributed by atoms with van der Waals surface area (Å²) in [5.41, 5.74) is 3.64.